The van der Waals surface area contributed by atoms with Crippen LogP contribution in [0.5, 0.6) is 5.75 Å². The molecule has 0 atom stereocenters. The minimum Gasteiger partial charge on any atom is -0.489 e. The Morgan fingerprint density at radius 3 is 2.65 bits per heavy atom. The van der Waals surface area contributed by atoms with Crippen LogP contribution in [0.25, 0.3) is 0 Å². The first kappa shape index (κ1) is 15.8. The highest BCUT2D eigenvalue weighted by atomic mass is 79.9. The van der Waals surface area contributed by atoms with Gasteiger partial charge >= 0.3 is 0 Å². The van der Waals surface area contributed by atoms with Crippen molar-refractivity contribution in [2.45, 2.75) is 51.8 Å². The molecule has 1 N–H and O–H groups in total. The molecule has 0 amide bonds. The summed E-state index contributed by atoms with van der Waals surface area (Å²) in [5.41, 5.74) is 1.29. The van der Waals surface area contributed by atoms with E-state index in [-0.39, 0.29) is 11.6 Å². The fourth-order valence-electron chi connectivity index (χ4n) is 2.15. The van der Waals surface area contributed by atoms with Crippen molar-refractivity contribution in [3.8, 4) is 5.75 Å². The van der Waals surface area contributed by atoms with Gasteiger partial charge in [-0.25, -0.2) is 0 Å². The zero-order valence-electron chi connectivity index (χ0n) is 12.5. The van der Waals surface area contributed by atoms with Gasteiger partial charge in [0.1, 0.15) is 11.9 Å². The van der Waals surface area contributed by atoms with Crippen LogP contribution >= 0.6 is 15.9 Å². The fraction of sp³-hybridized carbons (Fsp3) is 0.625. The Hall–Kier alpha value is -0.580. The van der Waals surface area contributed by atoms with Crippen molar-refractivity contribution in [3.63, 3.8) is 0 Å². The van der Waals surface area contributed by atoms with Crippen molar-refractivity contribution in [1.82, 2.24) is 5.32 Å². The van der Waals surface area contributed by atoms with Gasteiger partial charge < -0.3 is 14.8 Å². The molecule has 1 aromatic rings. The Labute approximate surface area is 130 Å². The summed E-state index contributed by atoms with van der Waals surface area (Å²) in [6, 6.07) is 6.22. The van der Waals surface area contributed by atoms with Crippen molar-refractivity contribution in [1.29, 1.82) is 0 Å². The molecule has 4 heteroatoms. The summed E-state index contributed by atoms with van der Waals surface area (Å²) in [5, 5.41) is 3.52. The fourth-order valence-corrected chi connectivity index (χ4v) is 2.65. The summed E-state index contributed by atoms with van der Waals surface area (Å²) in [7, 11) is 0. The monoisotopic (exact) mass is 341 g/mol. The second-order valence-electron chi connectivity index (χ2n) is 6.26. The van der Waals surface area contributed by atoms with Gasteiger partial charge in [0.15, 0.2) is 0 Å². The molecule has 3 nitrogen and oxygen atoms in total. The number of hydrogen-bond donors (Lipinski definition) is 1. The Morgan fingerprint density at radius 2 is 2.00 bits per heavy atom. The lowest BCUT2D eigenvalue weighted by Crippen LogP contribution is -2.35. The molecule has 0 bridgehead atoms. The maximum Gasteiger partial charge on any atom is 0.138 e. The van der Waals surface area contributed by atoms with E-state index >= 15 is 0 Å². The summed E-state index contributed by atoms with van der Waals surface area (Å²) < 4.78 is 12.6. The molecule has 0 saturated carbocycles. The molecule has 1 aliphatic rings. The zero-order chi connectivity index (χ0) is 14.6. The van der Waals surface area contributed by atoms with E-state index in [0.717, 1.165) is 42.8 Å². The predicted molar refractivity (Wildman–Crippen MR) is 85.2 cm³/mol. The van der Waals surface area contributed by atoms with Crippen LogP contribution in [0.4, 0.5) is 0 Å². The minimum absolute atomic E-state index is 0.0955. The quantitative estimate of drug-likeness (QED) is 0.900. The molecular formula is C16H24BrNO2. The highest BCUT2D eigenvalue weighted by Crippen LogP contribution is 2.31. The van der Waals surface area contributed by atoms with Gasteiger partial charge in [0.25, 0.3) is 0 Å². The van der Waals surface area contributed by atoms with Gasteiger partial charge in [0, 0.05) is 30.5 Å². The van der Waals surface area contributed by atoms with Crippen molar-refractivity contribution >= 4 is 15.9 Å². The lowest BCUT2D eigenvalue weighted by molar-refractivity contribution is 0.0248. The molecule has 0 radical (unpaired) electrons. The minimum atomic E-state index is 0.0955. The Kier molecular flexibility index (Phi) is 5.47. The number of nitrogens with one attached hydrogen (secondary N) is 1. The van der Waals surface area contributed by atoms with Gasteiger partial charge in [-0.2, -0.15) is 0 Å². The maximum absolute atomic E-state index is 6.22. The standard InChI is InChI=1S/C16H24BrNO2/c1-16(2,3)18-11-12-5-4-6-14(17)15(12)20-13-7-9-19-10-8-13/h4-6,13,18H,7-11H2,1-3H3. The van der Waals surface area contributed by atoms with Gasteiger partial charge in [0.2, 0.25) is 0 Å². The normalized spacial score (nSPS) is 17.2. The van der Waals surface area contributed by atoms with Gasteiger partial charge in [0.05, 0.1) is 17.7 Å². The average Bonchev–Trinajstić information content (AvgIpc) is 2.40. The van der Waals surface area contributed by atoms with Crippen LogP contribution in [0, 0.1) is 0 Å². The van der Waals surface area contributed by atoms with E-state index in [1.165, 1.54) is 5.56 Å². The van der Waals surface area contributed by atoms with Crippen LogP contribution in [0.1, 0.15) is 39.2 Å². The Bertz CT molecular complexity index is 437. The molecule has 20 heavy (non-hydrogen) atoms. The second-order valence-corrected chi connectivity index (χ2v) is 7.12. The third-order valence-corrected chi connectivity index (χ3v) is 3.93. The number of para-hydroxylation sites is 1. The molecule has 1 aliphatic heterocycles. The molecule has 1 aromatic carbocycles. The number of ether oxygens (including phenoxy) is 2. The van der Waals surface area contributed by atoms with Crippen LogP contribution < -0.4 is 10.1 Å². The first-order valence-corrected chi connectivity index (χ1v) is 8.02. The van der Waals surface area contributed by atoms with Crippen LogP contribution in [0.2, 0.25) is 0 Å². The number of benzene rings is 1. The largest absolute Gasteiger partial charge is 0.489 e. The lowest BCUT2D eigenvalue weighted by Gasteiger charge is -2.26. The van der Waals surface area contributed by atoms with Crippen molar-refractivity contribution < 1.29 is 9.47 Å². The molecule has 0 spiro atoms. The molecule has 0 unspecified atom stereocenters. The van der Waals surface area contributed by atoms with E-state index in [4.69, 9.17) is 9.47 Å². The number of halogens is 1. The van der Waals surface area contributed by atoms with E-state index in [1.807, 2.05) is 6.07 Å². The smallest absolute Gasteiger partial charge is 0.138 e. The maximum atomic E-state index is 6.22. The SMILES string of the molecule is CC(C)(C)NCc1cccc(Br)c1OC1CCOCC1. The van der Waals surface area contributed by atoms with E-state index in [1.54, 1.807) is 0 Å². The summed E-state index contributed by atoms with van der Waals surface area (Å²) in [4.78, 5) is 0. The summed E-state index contributed by atoms with van der Waals surface area (Å²) in [5.74, 6) is 0.969. The molecule has 1 heterocycles. The van der Waals surface area contributed by atoms with Crippen LogP contribution in [-0.4, -0.2) is 24.9 Å². The second kappa shape index (κ2) is 6.92. The lowest BCUT2D eigenvalue weighted by atomic mass is 10.1. The van der Waals surface area contributed by atoms with Crippen molar-refractivity contribution in [2.24, 2.45) is 0 Å². The van der Waals surface area contributed by atoms with Crippen LogP contribution in [0.15, 0.2) is 22.7 Å². The van der Waals surface area contributed by atoms with Gasteiger partial charge in [-0.1, -0.05) is 12.1 Å². The molecule has 2 rings (SSSR count). The van der Waals surface area contributed by atoms with Crippen LogP contribution in [0.3, 0.4) is 0 Å². The number of rotatable bonds is 4. The first-order valence-electron chi connectivity index (χ1n) is 7.22. The zero-order valence-corrected chi connectivity index (χ0v) is 14.1. The molecule has 0 aromatic heterocycles. The van der Waals surface area contributed by atoms with Gasteiger partial charge in [-0.15, -0.1) is 0 Å². The predicted octanol–water partition coefficient (Wildman–Crippen LogP) is 3.90. The van der Waals surface area contributed by atoms with Crippen molar-refractivity contribution in [3.05, 3.63) is 28.2 Å². The summed E-state index contributed by atoms with van der Waals surface area (Å²) in [6.07, 6.45) is 2.19. The summed E-state index contributed by atoms with van der Waals surface area (Å²) in [6.45, 7) is 8.91. The Morgan fingerprint density at radius 1 is 1.30 bits per heavy atom. The third kappa shape index (κ3) is 4.76. The van der Waals surface area contributed by atoms with E-state index in [2.05, 4.69) is 54.2 Å². The summed E-state index contributed by atoms with van der Waals surface area (Å²) >= 11 is 3.61. The molecule has 1 saturated heterocycles. The topological polar surface area (TPSA) is 30.5 Å². The number of hydrogen-bond acceptors (Lipinski definition) is 3. The van der Waals surface area contributed by atoms with Crippen molar-refractivity contribution in [2.75, 3.05) is 13.2 Å². The molecule has 0 aliphatic carbocycles. The van der Waals surface area contributed by atoms with Gasteiger partial charge in [-0.05, 0) is 42.8 Å². The highest BCUT2D eigenvalue weighted by Gasteiger charge is 2.19. The molecule has 112 valence electrons. The van der Waals surface area contributed by atoms with Gasteiger partial charge in [-0.3, -0.25) is 0 Å². The first-order chi connectivity index (χ1) is 9.46. The van der Waals surface area contributed by atoms with E-state index in [9.17, 15) is 0 Å². The molecule has 1 fully saturated rings. The average molecular weight is 342 g/mol. The third-order valence-electron chi connectivity index (χ3n) is 3.31. The molecular weight excluding hydrogens is 318 g/mol. The van der Waals surface area contributed by atoms with E-state index < -0.39 is 0 Å². The van der Waals surface area contributed by atoms with E-state index in [0.29, 0.717) is 0 Å². The highest BCUT2D eigenvalue weighted by molar-refractivity contribution is 9.10. The van der Waals surface area contributed by atoms with Crippen LogP contribution in [-0.2, 0) is 11.3 Å². The Balaban J connectivity index is 2.09.